The number of nitrogens with one attached hydrogen (secondary N) is 1. The molecular formula is C62H113NO10. The highest BCUT2D eigenvalue weighted by molar-refractivity contribution is 5.80. The van der Waals surface area contributed by atoms with Crippen LogP contribution in [0.5, 0.6) is 0 Å². The molecule has 11 nitrogen and oxygen atoms in total. The average molecular weight is 1030 g/mol. The topological polar surface area (TPSA) is 175 Å². The molecular weight excluding hydrogens is 919 g/mol. The first-order valence-corrected chi connectivity index (χ1v) is 30.4. The van der Waals surface area contributed by atoms with Crippen molar-refractivity contribution in [3.8, 4) is 0 Å². The molecule has 73 heavy (non-hydrogen) atoms. The zero-order valence-electron chi connectivity index (χ0n) is 47.0. The summed E-state index contributed by atoms with van der Waals surface area (Å²) in [6, 6.07) is -1.02. The van der Waals surface area contributed by atoms with Crippen LogP contribution in [0.1, 0.15) is 271 Å². The second-order valence-corrected chi connectivity index (χ2v) is 21.1. The molecule has 0 aromatic carbocycles. The quantitative estimate of drug-likeness (QED) is 0.0195. The minimum atomic E-state index is -1.61. The third-order valence-corrected chi connectivity index (χ3v) is 14.2. The highest BCUT2D eigenvalue weighted by atomic mass is 16.7. The van der Waals surface area contributed by atoms with Crippen molar-refractivity contribution in [1.29, 1.82) is 0 Å². The highest BCUT2D eigenvalue weighted by Crippen LogP contribution is 2.26. The Balaban J connectivity index is 2.60. The van der Waals surface area contributed by atoms with Crippen LogP contribution in [-0.2, 0) is 23.8 Å². The number of carbonyl (C=O) groups excluding carboxylic acids is 2. The van der Waals surface area contributed by atoms with Gasteiger partial charge in [0, 0.05) is 6.42 Å². The maximum atomic E-state index is 13.3. The summed E-state index contributed by atoms with van der Waals surface area (Å²) >= 11 is 0. The Morgan fingerprint density at radius 1 is 0.534 bits per heavy atom. The highest BCUT2D eigenvalue weighted by Gasteiger charge is 2.47. The lowest BCUT2D eigenvalue weighted by molar-refractivity contribution is -0.305. The molecule has 11 heteroatoms. The average Bonchev–Trinajstić information content (AvgIpc) is 3.39. The standard InChI is InChI=1S/C62H113NO10/c1-4-7-10-13-16-19-22-23-24-25-26-27-28-29-30-31-32-33-35-38-41-44-47-50-57(67)73-60-59(69)58(68)56(51-64)72-62(60)71-52-53(54(65)48-45-42-39-37-34-20-17-14-11-8-5-2)63-61(70)55(66)49-46-43-40-36-21-18-15-12-9-6-3/h16,19,23-24,26-27,45,48,53-56,58-60,62,64-66,68-69H,4-15,17-18,20-22,25,28-44,46-47,49-52H2,1-3H3,(H,63,70)/b19-16-,24-23-,27-26-,48-45+. The summed E-state index contributed by atoms with van der Waals surface area (Å²) in [5, 5.41) is 56.8. The van der Waals surface area contributed by atoms with Crippen molar-refractivity contribution in [1.82, 2.24) is 5.32 Å². The van der Waals surface area contributed by atoms with Crippen molar-refractivity contribution in [3.63, 3.8) is 0 Å². The number of esters is 1. The third-order valence-electron chi connectivity index (χ3n) is 14.2. The normalized spacial score (nSPS) is 19.7. The Kier molecular flexibility index (Phi) is 47.4. The first kappa shape index (κ1) is 68.6. The van der Waals surface area contributed by atoms with Gasteiger partial charge < -0.3 is 45.1 Å². The molecule has 1 heterocycles. The van der Waals surface area contributed by atoms with E-state index in [1.807, 2.05) is 6.08 Å². The van der Waals surface area contributed by atoms with Gasteiger partial charge in [0.2, 0.25) is 5.91 Å². The number of carbonyl (C=O) groups is 2. The molecule has 0 spiro atoms. The second-order valence-electron chi connectivity index (χ2n) is 21.1. The van der Waals surface area contributed by atoms with E-state index in [4.69, 9.17) is 14.2 Å². The maximum absolute atomic E-state index is 13.3. The lowest BCUT2D eigenvalue weighted by Gasteiger charge is -2.41. The number of amides is 1. The van der Waals surface area contributed by atoms with E-state index in [-0.39, 0.29) is 13.0 Å². The van der Waals surface area contributed by atoms with Crippen LogP contribution in [0, 0.1) is 0 Å². The van der Waals surface area contributed by atoms with Crippen molar-refractivity contribution in [2.24, 2.45) is 0 Å². The summed E-state index contributed by atoms with van der Waals surface area (Å²) in [6.07, 6.45) is 50.2. The van der Waals surface area contributed by atoms with Gasteiger partial charge in [0.15, 0.2) is 12.4 Å². The molecule has 0 aromatic rings. The van der Waals surface area contributed by atoms with E-state index in [2.05, 4.69) is 62.5 Å². The van der Waals surface area contributed by atoms with E-state index in [0.29, 0.717) is 19.3 Å². The summed E-state index contributed by atoms with van der Waals surface area (Å²) in [7, 11) is 0. The first-order chi connectivity index (χ1) is 35.7. The van der Waals surface area contributed by atoms with Crippen LogP contribution in [-0.4, -0.2) is 99.6 Å². The molecule has 1 rings (SSSR count). The number of rotatable bonds is 51. The van der Waals surface area contributed by atoms with Crippen molar-refractivity contribution >= 4 is 11.9 Å². The summed E-state index contributed by atoms with van der Waals surface area (Å²) in [4.78, 5) is 26.4. The zero-order chi connectivity index (χ0) is 53.3. The van der Waals surface area contributed by atoms with Gasteiger partial charge in [-0.15, -0.1) is 0 Å². The van der Waals surface area contributed by atoms with E-state index in [1.54, 1.807) is 6.08 Å². The van der Waals surface area contributed by atoms with Crippen LogP contribution in [0.4, 0.5) is 0 Å². The molecule has 0 saturated carbocycles. The third kappa shape index (κ3) is 38.8. The first-order valence-electron chi connectivity index (χ1n) is 30.4. The van der Waals surface area contributed by atoms with Crippen LogP contribution in [0.2, 0.25) is 0 Å². The molecule has 8 unspecified atom stereocenters. The van der Waals surface area contributed by atoms with E-state index >= 15 is 0 Å². The Labute approximate surface area is 446 Å². The van der Waals surface area contributed by atoms with Crippen molar-refractivity contribution in [2.75, 3.05) is 13.2 Å². The van der Waals surface area contributed by atoms with Gasteiger partial charge in [-0.2, -0.15) is 0 Å². The smallest absolute Gasteiger partial charge is 0.306 e. The van der Waals surface area contributed by atoms with Gasteiger partial charge in [-0.3, -0.25) is 9.59 Å². The molecule has 1 fully saturated rings. The second kappa shape index (κ2) is 50.4. The fourth-order valence-electron chi connectivity index (χ4n) is 9.36. The molecule has 0 radical (unpaired) electrons. The van der Waals surface area contributed by atoms with Gasteiger partial charge in [-0.05, 0) is 64.2 Å². The number of hydrogen-bond donors (Lipinski definition) is 6. The summed E-state index contributed by atoms with van der Waals surface area (Å²) in [5.41, 5.74) is 0. The number of aliphatic hydroxyl groups is 5. The predicted molar refractivity (Wildman–Crippen MR) is 301 cm³/mol. The molecule has 0 bridgehead atoms. The molecule has 8 atom stereocenters. The Hall–Kier alpha value is -2.38. The van der Waals surface area contributed by atoms with Gasteiger partial charge >= 0.3 is 5.97 Å². The van der Waals surface area contributed by atoms with Crippen LogP contribution < -0.4 is 5.32 Å². The van der Waals surface area contributed by atoms with Gasteiger partial charge in [0.05, 0.1) is 25.4 Å². The van der Waals surface area contributed by atoms with Crippen LogP contribution >= 0.6 is 0 Å². The van der Waals surface area contributed by atoms with Crippen LogP contribution in [0.15, 0.2) is 48.6 Å². The number of hydrogen-bond acceptors (Lipinski definition) is 10. The minimum Gasteiger partial charge on any atom is -0.454 e. The zero-order valence-corrected chi connectivity index (χ0v) is 47.0. The Morgan fingerprint density at radius 3 is 1.44 bits per heavy atom. The lowest BCUT2D eigenvalue weighted by atomic mass is 9.99. The molecule has 1 aliphatic rings. The molecule has 426 valence electrons. The van der Waals surface area contributed by atoms with Gasteiger partial charge in [0.25, 0.3) is 0 Å². The maximum Gasteiger partial charge on any atom is 0.306 e. The number of aliphatic hydroxyl groups excluding tert-OH is 5. The molecule has 1 saturated heterocycles. The summed E-state index contributed by atoms with van der Waals surface area (Å²) in [6.45, 7) is 5.74. The lowest BCUT2D eigenvalue weighted by Crippen LogP contribution is -2.61. The largest absolute Gasteiger partial charge is 0.454 e. The van der Waals surface area contributed by atoms with Crippen molar-refractivity contribution < 1.29 is 49.3 Å². The van der Waals surface area contributed by atoms with Gasteiger partial charge in [-0.1, -0.05) is 249 Å². The fourth-order valence-corrected chi connectivity index (χ4v) is 9.36. The number of allylic oxidation sites excluding steroid dienone is 7. The molecule has 1 aliphatic heterocycles. The van der Waals surface area contributed by atoms with Crippen molar-refractivity contribution in [2.45, 2.75) is 320 Å². The fraction of sp³-hybridized carbons (Fsp3) is 0.839. The van der Waals surface area contributed by atoms with E-state index in [0.717, 1.165) is 77.0 Å². The SMILES string of the molecule is CCCCC/C=C\C/C=C\C/C=C\CCCCCCCCCCCCC(=O)OC1C(OCC(NC(=O)C(O)CCCCCCCCCCCC)C(O)/C=C/CCCCCCCCCCC)OC(CO)C(O)C1O. The van der Waals surface area contributed by atoms with Crippen LogP contribution in [0.25, 0.3) is 0 Å². The molecule has 0 aromatic heterocycles. The molecule has 1 amide bonds. The van der Waals surface area contributed by atoms with E-state index < -0.39 is 67.4 Å². The summed E-state index contributed by atoms with van der Waals surface area (Å²) < 4.78 is 17.6. The Morgan fingerprint density at radius 2 is 0.945 bits per heavy atom. The van der Waals surface area contributed by atoms with Gasteiger partial charge in [0.1, 0.15) is 24.4 Å². The van der Waals surface area contributed by atoms with E-state index in [9.17, 15) is 35.1 Å². The van der Waals surface area contributed by atoms with Crippen LogP contribution in [0.3, 0.4) is 0 Å². The monoisotopic (exact) mass is 1030 g/mol. The number of unbranched alkanes of at least 4 members (excludes halogenated alkanes) is 31. The minimum absolute atomic E-state index is 0.120. The number of ether oxygens (including phenoxy) is 3. The molecule has 6 N–H and O–H groups in total. The molecule has 0 aliphatic carbocycles. The van der Waals surface area contributed by atoms with E-state index in [1.165, 1.54) is 148 Å². The Bertz CT molecular complexity index is 1370. The van der Waals surface area contributed by atoms with Gasteiger partial charge in [-0.25, -0.2) is 0 Å². The van der Waals surface area contributed by atoms with Crippen molar-refractivity contribution in [3.05, 3.63) is 48.6 Å². The summed E-state index contributed by atoms with van der Waals surface area (Å²) in [5.74, 6) is -1.19. The predicted octanol–water partition coefficient (Wildman–Crippen LogP) is 14.1.